The highest BCUT2D eigenvalue weighted by atomic mass is 35.5. The number of rotatable bonds is 5. The molecule has 0 atom stereocenters. The van der Waals surface area contributed by atoms with Crippen LogP contribution in [0.4, 0.5) is 5.69 Å². The van der Waals surface area contributed by atoms with Gasteiger partial charge in [0.15, 0.2) is 5.69 Å². The zero-order chi connectivity index (χ0) is 19.7. The lowest BCUT2D eigenvalue weighted by atomic mass is 9.92. The summed E-state index contributed by atoms with van der Waals surface area (Å²) in [6.07, 6.45) is 6.52. The summed E-state index contributed by atoms with van der Waals surface area (Å²) in [5.41, 5.74) is 8.97. The molecule has 0 aliphatic heterocycles. The van der Waals surface area contributed by atoms with E-state index < -0.39 is 0 Å². The molecule has 0 unspecified atom stereocenters. The van der Waals surface area contributed by atoms with E-state index in [0.29, 0.717) is 11.4 Å². The molecule has 8 nitrogen and oxygen atoms in total. The molecule has 3 aromatic rings. The van der Waals surface area contributed by atoms with Gasteiger partial charge in [-0.05, 0) is 50.8 Å². The summed E-state index contributed by atoms with van der Waals surface area (Å²) >= 11 is 0. The molecule has 1 aliphatic rings. The van der Waals surface area contributed by atoms with Crippen molar-refractivity contribution in [3.8, 4) is 0 Å². The summed E-state index contributed by atoms with van der Waals surface area (Å²) in [7, 11) is 0. The van der Waals surface area contributed by atoms with Crippen molar-refractivity contribution in [3.05, 3.63) is 35.9 Å². The fraction of sp³-hybridized carbons (Fsp3) is 0.500. The van der Waals surface area contributed by atoms with E-state index in [1.807, 2.05) is 18.2 Å². The minimum Gasteiger partial charge on any atom is -0.328 e. The van der Waals surface area contributed by atoms with Gasteiger partial charge in [0.25, 0.3) is 5.91 Å². The minimum absolute atomic E-state index is 0. The highest BCUT2D eigenvalue weighted by Crippen LogP contribution is 2.27. The van der Waals surface area contributed by atoms with Gasteiger partial charge >= 0.3 is 0 Å². The number of fused-ring (bicyclic) bond motifs is 1. The van der Waals surface area contributed by atoms with Crippen LogP contribution in [0, 0.1) is 0 Å². The average Bonchev–Trinajstić information content (AvgIpc) is 3.32. The molecule has 0 bridgehead atoms. The molecule has 1 aromatic carbocycles. The van der Waals surface area contributed by atoms with Gasteiger partial charge in [-0.2, -0.15) is 0 Å². The van der Waals surface area contributed by atoms with Crippen molar-refractivity contribution in [2.24, 2.45) is 5.73 Å². The van der Waals surface area contributed by atoms with Gasteiger partial charge in [-0.3, -0.25) is 4.79 Å². The number of benzene rings is 1. The Hall–Kier alpha value is -2.16. The second-order valence-corrected chi connectivity index (χ2v) is 7.44. The van der Waals surface area contributed by atoms with Crippen molar-refractivity contribution < 1.29 is 4.79 Å². The number of halogens is 2. The highest BCUT2D eigenvalue weighted by Gasteiger charge is 2.22. The summed E-state index contributed by atoms with van der Waals surface area (Å²) < 4.78 is 4.00. The van der Waals surface area contributed by atoms with E-state index in [4.69, 9.17) is 5.73 Å². The largest absolute Gasteiger partial charge is 0.328 e. The molecule has 3 N–H and O–H groups in total. The lowest BCUT2D eigenvalue weighted by Crippen LogP contribution is -2.28. The summed E-state index contributed by atoms with van der Waals surface area (Å²) in [5.74, 6) is 0.792. The first-order valence-electron chi connectivity index (χ1n) is 10.1. The Morgan fingerprint density at radius 3 is 2.60 bits per heavy atom. The van der Waals surface area contributed by atoms with E-state index in [2.05, 4.69) is 39.0 Å². The number of nitrogens with zero attached hydrogens (tertiary/aromatic N) is 5. The van der Waals surface area contributed by atoms with Crippen LogP contribution in [0.2, 0.25) is 0 Å². The number of carbonyl (C=O) groups is 1. The standard InChI is InChI=1S/C20H27N7O.2ClH/c1-3-19-23-16-11-14(7-10-18(16)26(19)4-2)22-20(28)17-12-27(25-24-17)15-8-5-13(21)6-9-15;;/h7,10-13,15H,3-6,8-9,21H2,1-2H3,(H,22,28);2*1H. The molecule has 164 valence electrons. The molecule has 10 heteroatoms. The average molecular weight is 454 g/mol. The maximum absolute atomic E-state index is 12.6. The number of imidazole rings is 1. The van der Waals surface area contributed by atoms with E-state index in [1.54, 1.807) is 10.9 Å². The maximum Gasteiger partial charge on any atom is 0.277 e. The van der Waals surface area contributed by atoms with Gasteiger partial charge in [0.05, 0.1) is 23.3 Å². The Labute approximate surface area is 188 Å². The zero-order valence-corrected chi connectivity index (χ0v) is 18.9. The number of carbonyl (C=O) groups excluding carboxylic acids is 1. The SMILES string of the molecule is CCc1nc2cc(NC(=O)c3cn(C4CCC(N)CC4)nn3)ccc2n1CC.Cl.Cl. The number of aryl methyl sites for hydroxylation is 2. The Morgan fingerprint density at radius 2 is 1.93 bits per heavy atom. The second-order valence-electron chi connectivity index (χ2n) is 7.44. The van der Waals surface area contributed by atoms with Crippen molar-refractivity contribution in [3.63, 3.8) is 0 Å². The molecule has 2 heterocycles. The molecular formula is C20H29Cl2N7O. The smallest absolute Gasteiger partial charge is 0.277 e. The Balaban J connectivity index is 0.00000160. The summed E-state index contributed by atoms with van der Waals surface area (Å²) in [6.45, 7) is 5.08. The first-order chi connectivity index (χ1) is 13.6. The molecule has 4 rings (SSSR count). The van der Waals surface area contributed by atoms with E-state index >= 15 is 0 Å². The monoisotopic (exact) mass is 453 g/mol. The van der Waals surface area contributed by atoms with Crippen LogP contribution < -0.4 is 11.1 Å². The number of nitrogens with one attached hydrogen (secondary N) is 1. The van der Waals surface area contributed by atoms with Gasteiger partial charge in [0, 0.05) is 24.7 Å². The van der Waals surface area contributed by atoms with Gasteiger partial charge < -0.3 is 15.6 Å². The molecule has 0 spiro atoms. The maximum atomic E-state index is 12.6. The Morgan fingerprint density at radius 1 is 1.20 bits per heavy atom. The number of anilines is 1. The van der Waals surface area contributed by atoms with Crippen molar-refractivity contribution in [2.45, 2.75) is 64.6 Å². The van der Waals surface area contributed by atoms with Gasteiger partial charge in [0.2, 0.25) is 0 Å². The second kappa shape index (κ2) is 10.2. The van der Waals surface area contributed by atoms with E-state index in [-0.39, 0.29) is 42.8 Å². The first kappa shape index (κ1) is 24.1. The molecule has 1 aliphatic carbocycles. The quantitative estimate of drug-likeness (QED) is 0.611. The number of aromatic nitrogens is 5. The van der Waals surface area contributed by atoms with Crippen LogP contribution in [0.15, 0.2) is 24.4 Å². The van der Waals surface area contributed by atoms with Crippen molar-refractivity contribution in [1.29, 1.82) is 0 Å². The van der Waals surface area contributed by atoms with E-state index in [1.165, 1.54) is 0 Å². The van der Waals surface area contributed by atoms with E-state index in [9.17, 15) is 4.79 Å². The lowest BCUT2D eigenvalue weighted by Gasteiger charge is -2.25. The van der Waals surface area contributed by atoms with Crippen LogP contribution in [0.25, 0.3) is 11.0 Å². The fourth-order valence-electron chi connectivity index (χ4n) is 4.00. The predicted octanol–water partition coefficient (Wildman–Crippen LogP) is 3.75. The molecule has 1 fully saturated rings. The predicted molar refractivity (Wildman–Crippen MR) is 123 cm³/mol. The summed E-state index contributed by atoms with van der Waals surface area (Å²) in [4.78, 5) is 17.3. The minimum atomic E-state index is -0.260. The normalized spacial score (nSPS) is 18.5. The topological polar surface area (TPSA) is 104 Å². The van der Waals surface area contributed by atoms with Gasteiger partial charge in [0.1, 0.15) is 5.82 Å². The van der Waals surface area contributed by atoms with Crippen LogP contribution >= 0.6 is 24.8 Å². The molecule has 2 aromatic heterocycles. The fourth-order valence-corrected chi connectivity index (χ4v) is 4.00. The zero-order valence-electron chi connectivity index (χ0n) is 17.2. The van der Waals surface area contributed by atoms with Crippen LogP contribution in [0.3, 0.4) is 0 Å². The van der Waals surface area contributed by atoms with Crippen molar-refractivity contribution >= 4 is 47.4 Å². The molecule has 0 saturated heterocycles. The lowest BCUT2D eigenvalue weighted by molar-refractivity contribution is 0.102. The number of hydrogen-bond acceptors (Lipinski definition) is 5. The third-order valence-electron chi connectivity index (χ3n) is 5.58. The Kier molecular flexibility index (Phi) is 8.23. The van der Waals surface area contributed by atoms with Gasteiger partial charge in [-0.1, -0.05) is 12.1 Å². The summed E-state index contributed by atoms with van der Waals surface area (Å²) in [5, 5.41) is 11.1. The first-order valence-corrected chi connectivity index (χ1v) is 10.1. The number of amides is 1. The van der Waals surface area contributed by atoms with Crippen molar-refractivity contribution in [2.75, 3.05) is 5.32 Å². The third kappa shape index (κ3) is 4.77. The van der Waals surface area contributed by atoms with Gasteiger partial charge in [-0.25, -0.2) is 9.67 Å². The summed E-state index contributed by atoms with van der Waals surface area (Å²) in [6, 6.07) is 6.37. The van der Waals surface area contributed by atoms with Gasteiger partial charge in [-0.15, -0.1) is 29.9 Å². The van der Waals surface area contributed by atoms with Crippen molar-refractivity contribution in [1.82, 2.24) is 24.5 Å². The third-order valence-corrected chi connectivity index (χ3v) is 5.58. The highest BCUT2D eigenvalue weighted by molar-refractivity contribution is 6.03. The molecule has 1 amide bonds. The van der Waals surface area contributed by atoms with E-state index in [0.717, 1.165) is 55.5 Å². The van der Waals surface area contributed by atoms with Crippen LogP contribution in [-0.2, 0) is 13.0 Å². The molecule has 30 heavy (non-hydrogen) atoms. The Bertz CT molecular complexity index is 992. The molecule has 1 saturated carbocycles. The van der Waals surface area contributed by atoms with Crippen LogP contribution in [-0.4, -0.2) is 36.5 Å². The van der Waals surface area contributed by atoms with Crippen LogP contribution in [0.5, 0.6) is 0 Å². The number of nitrogens with two attached hydrogens (primary N) is 1. The molecular weight excluding hydrogens is 425 g/mol. The van der Waals surface area contributed by atoms with Crippen LogP contribution in [0.1, 0.15) is 61.9 Å². The number of hydrogen-bond donors (Lipinski definition) is 2. The molecule has 0 radical (unpaired) electrons.